The van der Waals surface area contributed by atoms with Crippen LogP contribution in [0.5, 0.6) is 0 Å². The Morgan fingerprint density at radius 2 is 1.89 bits per heavy atom. The SMILES string of the molecule is CCOC(=O)CNC(=O)NCCCCOC(C)C. The first-order valence-electron chi connectivity index (χ1n) is 6.35. The molecule has 0 heterocycles. The molecule has 0 fully saturated rings. The van der Waals surface area contributed by atoms with E-state index in [1.165, 1.54) is 0 Å². The first-order valence-corrected chi connectivity index (χ1v) is 6.35. The molecule has 0 atom stereocenters. The normalized spacial score (nSPS) is 10.2. The van der Waals surface area contributed by atoms with Crippen LogP contribution < -0.4 is 10.6 Å². The van der Waals surface area contributed by atoms with Crippen LogP contribution >= 0.6 is 0 Å². The highest BCUT2D eigenvalue weighted by molar-refractivity contribution is 5.80. The number of esters is 1. The number of amides is 2. The van der Waals surface area contributed by atoms with Crippen LogP contribution in [0.3, 0.4) is 0 Å². The maximum absolute atomic E-state index is 11.2. The van der Waals surface area contributed by atoms with Crippen molar-refractivity contribution in [2.45, 2.75) is 39.7 Å². The molecule has 0 aliphatic rings. The molecule has 0 radical (unpaired) electrons. The highest BCUT2D eigenvalue weighted by atomic mass is 16.5. The number of ether oxygens (including phenoxy) is 2. The number of carbonyl (C=O) groups excluding carboxylic acids is 2. The zero-order valence-electron chi connectivity index (χ0n) is 11.5. The second kappa shape index (κ2) is 10.8. The van der Waals surface area contributed by atoms with E-state index in [0.717, 1.165) is 12.8 Å². The minimum Gasteiger partial charge on any atom is -0.465 e. The van der Waals surface area contributed by atoms with E-state index in [0.29, 0.717) is 19.8 Å². The zero-order chi connectivity index (χ0) is 13.8. The van der Waals surface area contributed by atoms with E-state index < -0.39 is 5.97 Å². The smallest absolute Gasteiger partial charge is 0.325 e. The monoisotopic (exact) mass is 260 g/mol. The molecule has 6 heteroatoms. The van der Waals surface area contributed by atoms with Crippen molar-refractivity contribution < 1.29 is 19.1 Å². The number of rotatable bonds is 9. The Morgan fingerprint density at radius 3 is 2.50 bits per heavy atom. The van der Waals surface area contributed by atoms with Crippen LogP contribution in [-0.4, -0.2) is 44.4 Å². The quantitative estimate of drug-likeness (QED) is 0.480. The molecule has 0 unspecified atom stereocenters. The van der Waals surface area contributed by atoms with Crippen LogP contribution in [0, 0.1) is 0 Å². The highest BCUT2D eigenvalue weighted by Crippen LogP contribution is 1.93. The summed E-state index contributed by atoms with van der Waals surface area (Å²) in [4.78, 5) is 22.2. The first-order chi connectivity index (χ1) is 8.56. The maximum atomic E-state index is 11.2. The largest absolute Gasteiger partial charge is 0.465 e. The number of hydrogen-bond donors (Lipinski definition) is 2. The fourth-order valence-electron chi connectivity index (χ4n) is 1.17. The summed E-state index contributed by atoms with van der Waals surface area (Å²) in [7, 11) is 0. The van der Waals surface area contributed by atoms with E-state index in [1.54, 1.807) is 6.92 Å². The van der Waals surface area contributed by atoms with Crippen molar-refractivity contribution in [1.29, 1.82) is 0 Å². The first kappa shape index (κ1) is 16.7. The molecular formula is C12H24N2O4. The van der Waals surface area contributed by atoms with Crippen LogP contribution in [0.25, 0.3) is 0 Å². The van der Waals surface area contributed by atoms with Crippen molar-refractivity contribution in [3.63, 3.8) is 0 Å². The average molecular weight is 260 g/mol. The number of unbranched alkanes of at least 4 members (excludes halogenated alkanes) is 1. The molecule has 0 aromatic rings. The molecule has 6 nitrogen and oxygen atoms in total. The summed E-state index contributed by atoms with van der Waals surface area (Å²) in [5, 5.41) is 5.08. The van der Waals surface area contributed by atoms with Crippen molar-refractivity contribution in [1.82, 2.24) is 10.6 Å². The van der Waals surface area contributed by atoms with Gasteiger partial charge in [-0.05, 0) is 33.6 Å². The second-order valence-corrected chi connectivity index (χ2v) is 4.04. The van der Waals surface area contributed by atoms with E-state index >= 15 is 0 Å². The van der Waals surface area contributed by atoms with Crippen LogP contribution in [0.2, 0.25) is 0 Å². The zero-order valence-corrected chi connectivity index (χ0v) is 11.5. The molecule has 0 spiro atoms. The van der Waals surface area contributed by atoms with Crippen molar-refractivity contribution in [2.24, 2.45) is 0 Å². The Hall–Kier alpha value is -1.30. The molecule has 0 saturated heterocycles. The summed E-state index contributed by atoms with van der Waals surface area (Å²) in [6, 6.07) is -0.354. The van der Waals surface area contributed by atoms with Crippen molar-refractivity contribution in [3.05, 3.63) is 0 Å². The van der Waals surface area contributed by atoms with E-state index in [2.05, 4.69) is 15.4 Å². The van der Waals surface area contributed by atoms with E-state index in [9.17, 15) is 9.59 Å². The molecule has 2 N–H and O–H groups in total. The van der Waals surface area contributed by atoms with Crippen molar-refractivity contribution in [2.75, 3.05) is 26.3 Å². The maximum Gasteiger partial charge on any atom is 0.325 e. The van der Waals surface area contributed by atoms with Gasteiger partial charge in [0.05, 0.1) is 12.7 Å². The molecule has 0 aromatic heterocycles. The van der Waals surface area contributed by atoms with Gasteiger partial charge in [-0.2, -0.15) is 0 Å². The van der Waals surface area contributed by atoms with Gasteiger partial charge in [-0.3, -0.25) is 4.79 Å². The van der Waals surface area contributed by atoms with Gasteiger partial charge in [0.1, 0.15) is 6.54 Å². The van der Waals surface area contributed by atoms with Gasteiger partial charge < -0.3 is 20.1 Å². The second-order valence-electron chi connectivity index (χ2n) is 4.04. The summed E-state index contributed by atoms with van der Waals surface area (Å²) in [5.41, 5.74) is 0. The summed E-state index contributed by atoms with van der Waals surface area (Å²) in [6.07, 6.45) is 1.99. The molecule has 18 heavy (non-hydrogen) atoms. The van der Waals surface area contributed by atoms with Gasteiger partial charge in [0.2, 0.25) is 0 Å². The van der Waals surface area contributed by atoms with Gasteiger partial charge >= 0.3 is 12.0 Å². The Kier molecular flexibility index (Phi) is 10.0. The third-order valence-corrected chi connectivity index (χ3v) is 2.01. The van der Waals surface area contributed by atoms with E-state index in [1.807, 2.05) is 13.8 Å². The number of urea groups is 1. The van der Waals surface area contributed by atoms with E-state index in [-0.39, 0.29) is 18.7 Å². The fourth-order valence-corrected chi connectivity index (χ4v) is 1.17. The van der Waals surface area contributed by atoms with Gasteiger partial charge in [0.15, 0.2) is 0 Å². The van der Waals surface area contributed by atoms with Crippen LogP contribution in [-0.2, 0) is 14.3 Å². The van der Waals surface area contributed by atoms with Gasteiger partial charge in [-0.25, -0.2) is 4.79 Å². The van der Waals surface area contributed by atoms with Crippen molar-refractivity contribution >= 4 is 12.0 Å². The minimum absolute atomic E-state index is 0.101. The topological polar surface area (TPSA) is 76.7 Å². The van der Waals surface area contributed by atoms with Gasteiger partial charge in [0, 0.05) is 13.2 Å². The Bertz CT molecular complexity index is 244. The third-order valence-electron chi connectivity index (χ3n) is 2.01. The molecule has 0 rings (SSSR count). The van der Waals surface area contributed by atoms with Crippen LogP contribution in [0.15, 0.2) is 0 Å². The molecular weight excluding hydrogens is 236 g/mol. The standard InChI is InChI=1S/C12H24N2O4/c1-4-17-11(15)9-14-12(16)13-7-5-6-8-18-10(2)3/h10H,4-9H2,1-3H3,(H2,13,14,16). The predicted molar refractivity (Wildman–Crippen MR) is 68.4 cm³/mol. The van der Waals surface area contributed by atoms with Crippen LogP contribution in [0.4, 0.5) is 4.79 Å². The van der Waals surface area contributed by atoms with Gasteiger partial charge in [0.25, 0.3) is 0 Å². The molecule has 106 valence electrons. The molecule has 2 amide bonds. The molecule has 0 aromatic carbocycles. The average Bonchev–Trinajstić information content (AvgIpc) is 2.31. The summed E-state index contributed by atoms with van der Waals surface area (Å²) in [5.74, 6) is -0.432. The van der Waals surface area contributed by atoms with Crippen molar-refractivity contribution in [3.8, 4) is 0 Å². The lowest BCUT2D eigenvalue weighted by atomic mass is 10.3. The number of nitrogens with one attached hydrogen (secondary N) is 2. The summed E-state index contributed by atoms with van der Waals surface area (Å²) in [6.45, 7) is 7.17. The minimum atomic E-state index is -0.432. The molecule has 0 aliphatic heterocycles. The highest BCUT2D eigenvalue weighted by Gasteiger charge is 2.04. The molecule has 0 saturated carbocycles. The van der Waals surface area contributed by atoms with E-state index in [4.69, 9.17) is 4.74 Å². The fraction of sp³-hybridized carbons (Fsp3) is 0.833. The Labute approximate surface area is 108 Å². The number of hydrogen-bond acceptors (Lipinski definition) is 4. The lowest BCUT2D eigenvalue weighted by molar-refractivity contribution is -0.141. The lowest BCUT2D eigenvalue weighted by Gasteiger charge is -2.08. The van der Waals surface area contributed by atoms with Gasteiger partial charge in [-0.15, -0.1) is 0 Å². The van der Waals surface area contributed by atoms with Gasteiger partial charge in [-0.1, -0.05) is 0 Å². The Morgan fingerprint density at radius 1 is 1.17 bits per heavy atom. The third kappa shape index (κ3) is 11.2. The molecule has 0 bridgehead atoms. The van der Waals surface area contributed by atoms with Crippen LogP contribution in [0.1, 0.15) is 33.6 Å². The summed E-state index contributed by atoms with van der Waals surface area (Å²) >= 11 is 0. The lowest BCUT2D eigenvalue weighted by Crippen LogP contribution is -2.39. The summed E-state index contributed by atoms with van der Waals surface area (Å²) < 4.78 is 10.0. The predicted octanol–water partition coefficient (Wildman–Crippen LogP) is 1.05. The Balaban J connectivity index is 3.34. The molecule has 0 aliphatic carbocycles. The number of carbonyl (C=O) groups is 2.